The Hall–Kier alpha value is -3.80. The maximum absolute atomic E-state index is 12.9. The SMILES string of the molecule is Cc1ccc(NC(=O)[C@H](OC(=O)c2ccc3c(c2)OCO3)c2ccccc2)cc1. The summed E-state index contributed by atoms with van der Waals surface area (Å²) in [6.45, 7) is 2.07. The molecule has 0 unspecified atom stereocenters. The first-order valence-corrected chi connectivity index (χ1v) is 9.13. The number of ether oxygens (including phenoxy) is 3. The van der Waals surface area contributed by atoms with E-state index in [4.69, 9.17) is 14.2 Å². The highest BCUT2D eigenvalue weighted by atomic mass is 16.7. The molecule has 1 aliphatic rings. The Morgan fingerprint density at radius 1 is 0.931 bits per heavy atom. The Kier molecular flexibility index (Phi) is 5.16. The van der Waals surface area contributed by atoms with E-state index in [0.29, 0.717) is 22.7 Å². The van der Waals surface area contributed by atoms with Gasteiger partial charge in [-0.25, -0.2) is 4.79 Å². The van der Waals surface area contributed by atoms with Gasteiger partial charge in [-0.15, -0.1) is 0 Å². The molecule has 1 aliphatic heterocycles. The Bertz CT molecular complexity index is 1030. The molecule has 1 atom stereocenters. The molecular formula is C23H19NO5. The molecule has 3 aromatic carbocycles. The van der Waals surface area contributed by atoms with E-state index in [9.17, 15) is 9.59 Å². The maximum atomic E-state index is 12.9. The van der Waals surface area contributed by atoms with E-state index in [0.717, 1.165) is 5.56 Å². The van der Waals surface area contributed by atoms with Gasteiger partial charge >= 0.3 is 5.97 Å². The van der Waals surface area contributed by atoms with Gasteiger partial charge < -0.3 is 19.5 Å². The first kappa shape index (κ1) is 18.6. The van der Waals surface area contributed by atoms with Crippen LogP contribution in [-0.4, -0.2) is 18.7 Å². The van der Waals surface area contributed by atoms with Gasteiger partial charge in [0.15, 0.2) is 11.5 Å². The molecule has 0 spiro atoms. The third-order valence-corrected chi connectivity index (χ3v) is 4.49. The third kappa shape index (κ3) is 4.21. The van der Waals surface area contributed by atoms with Crippen molar-refractivity contribution in [2.75, 3.05) is 12.1 Å². The normalized spacial score (nSPS) is 12.9. The number of benzene rings is 3. The molecule has 1 heterocycles. The molecule has 146 valence electrons. The zero-order chi connectivity index (χ0) is 20.2. The molecule has 1 amide bonds. The van der Waals surface area contributed by atoms with Crippen LogP contribution in [0.25, 0.3) is 0 Å². The molecule has 0 aliphatic carbocycles. The van der Waals surface area contributed by atoms with Gasteiger partial charge in [-0.05, 0) is 37.3 Å². The number of hydrogen-bond donors (Lipinski definition) is 1. The van der Waals surface area contributed by atoms with Crippen LogP contribution in [0, 0.1) is 6.92 Å². The monoisotopic (exact) mass is 389 g/mol. The van der Waals surface area contributed by atoms with Gasteiger partial charge in [-0.1, -0.05) is 48.0 Å². The van der Waals surface area contributed by atoms with Crippen molar-refractivity contribution in [1.29, 1.82) is 0 Å². The lowest BCUT2D eigenvalue weighted by atomic mass is 10.1. The largest absolute Gasteiger partial charge is 0.454 e. The van der Waals surface area contributed by atoms with Gasteiger partial charge in [0.25, 0.3) is 5.91 Å². The van der Waals surface area contributed by atoms with Crippen molar-refractivity contribution >= 4 is 17.6 Å². The third-order valence-electron chi connectivity index (χ3n) is 4.49. The van der Waals surface area contributed by atoms with Crippen molar-refractivity contribution in [3.05, 3.63) is 89.5 Å². The van der Waals surface area contributed by atoms with E-state index in [-0.39, 0.29) is 12.4 Å². The number of hydrogen-bond acceptors (Lipinski definition) is 5. The van der Waals surface area contributed by atoms with Crippen molar-refractivity contribution < 1.29 is 23.8 Å². The number of nitrogens with one attached hydrogen (secondary N) is 1. The van der Waals surface area contributed by atoms with E-state index < -0.39 is 18.0 Å². The van der Waals surface area contributed by atoms with Gasteiger partial charge in [-0.2, -0.15) is 0 Å². The average molecular weight is 389 g/mol. The number of amides is 1. The highest BCUT2D eigenvalue weighted by molar-refractivity contribution is 5.98. The topological polar surface area (TPSA) is 73.9 Å². The lowest BCUT2D eigenvalue weighted by molar-refractivity contribution is -0.125. The summed E-state index contributed by atoms with van der Waals surface area (Å²) >= 11 is 0. The zero-order valence-electron chi connectivity index (χ0n) is 15.8. The van der Waals surface area contributed by atoms with Crippen LogP contribution >= 0.6 is 0 Å². The van der Waals surface area contributed by atoms with E-state index in [1.54, 1.807) is 54.6 Å². The maximum Gasteiger partial charge on any atom is 0.339 e. The Morgan fingerprint density at radius 2 is 1.66 bits per heavy atom. The molecular weight excluding hydrogens is 370 g/mol. The number of aryl methyl sites for hydroxylation is 1. The van der Waals surface area contributed by atoms with Crippen LogP contribution in [0.15, 0.2) is 72.8 Å². The summed E-state index contributed by atoms with van der Waals surface area (Å²) in [5.74, 6) is -0.0246. The van der Waals surface area contributed by atoms with Crippen LogP contribution in [0.5, 0.6) is 11.5 Å². The average Bonchev–Trinajstić information content (AvgIpc) is 3.22. The number of anilines is 1. The van der Waals surface area contributed by atoms with Crippen molar-refractivity contribution in [3.63, 3.8) is 0 Å². The van der Waals surface area contributed by atoms with Crippen LogP contribution in [0.2, 0.25) is 0 Å². The molecule has 0 bridgehead atoms. The summed E-state index contributed by atoms with van der Waals surface area (Å²) in [5, 5.41) is 2.81. The summed E-state index contributed by atoms with van der Waals surface area (Å²) in [5.41, 5.74) is 2.56. The van der Waals surface area contributed by atoms with E-state index in [1.165, 1.54) is 0 Å². The molecule has 1 N–H and O–H groups in total. The lowest BCUT2D eigenvalue weighted by Crippen LogP contribution is -2.26. The zero-order valence-corrected chi connectivity index (χ0v) is 15.8. The van der Waals surface area contributed by atoms with Crippen molar-refractivity contribution in [2.45, 2.75) is 13.0 Å². The predicted octanol–water partition coefficient (Wildman–Crippen LogP) is 4.26. The summed E-state index contributed by atoms with van der Waals surface area (Å²) in [6, 6.07) is 21.0. The van der Waals surface area contributed by atoms with Crippen molar-refractivity contribution in [1.82, 2.24) is 0 Å². The van der Waals surface area contributed by atoms with E-state index >= 15 is 0 Å². The fraction of sp³-hybridized carbons (Fsp3) is 0.130. The number of fused-ring (bicyclic) bond motifs is 1. The molecule has 0 aromatic heterocycles. The van der Waals surface area contributed by atoms with Crippen LogP contribution in [0.4, 0.5) is 5.69 Å². The standard InChI is InChI=1S/C23H19NO5/c1-15-7-10-18(11-8-15)24-22(25)21(16-5-3-2-4-6-16)29-23(26)17-9-12-19-20(13-17)28-14-27-19/h2-13,21H,14H2,1H3,(H,24,25)/t21-/m1/s1. The Morgan fingerprint density at radius 3 is 2.41 bits per heavy atom. The molecule has 0 radical (unpaired) electrons. The number of carbonyl (C=O) groups is 2. The van der Waals surface area contributed by atoms with Crippen LogP contribution in [0.1, 0.15) is 27.6 Å². The van der Waals surface area contributed by atoms with Crippen LogP contribution in [-0.2, 0) is 9.53 Å². The minimum absolute atomic E-state index is 0.111. The highest BCUT2D eigenvalue weighted by Gasteiger charge is 2.27. The number of rotatable bonds is 5. The number of carbonyl (C=O) groups excluding carboxylic acids is 2. The molecule has 0 saturated heterocycles. The lowest BCUT2D eigenvalue weighted by Gasteiger charge is -2.18. The van der Waals surface area contributed by atoms with E-state index in [1.807, 2.05) is 25.1 Å². The second-order valence-corrected chi connectivity index (χ2v) is 6.62. The molecule has 3 aromatic rings. The molecule has 29 heavy (non-hydrogen) atoms. The van der Waals surface area contributed by atoms with Crippen LogP contribution in [0.3, 0.4) is 0 Å². The minimum atomic E-state index is -1.10. The second kappa shape index (κ2) is 8.06. The van der Waals surface area contributed by atoms with Gasteiger partial charge in [0, 0.05) is 11.3 Å². The smallest absolute Gasteiger partial charge is 0.339 e. The molecule has 6 nitrogen and oxygen atoms in total. The fourth-order valence-corrected chi connectivity index (χ4v) is 2.94. The first-order chi connectivity index (χ1) is 14.1. The van der Waals surface area contributed by atoms with Gasteiger partial charge in [0.2, 0.25) is 12.9 Å². The quantitative estimate of drug-likeness (QED) is 0.660. The summed E-state index contributed by atoms with van der Waals surface area (Å²) in [6.07, 6.45) is -1.10. The van der Waals surface area contributed by atoms with Crippen LogP contribution < -0.4 is 14.8 Å². The molecule has 6 heteroatoms. The molecule has 0 fully saturated rings. The predicted molar refractivity (Wildman–Crippen MR) is 107 cm³/mol. The number of esters is 1. The Balaban J connectivity index is 1.56. The second-order valence-electron chi connectivity index (χ2n) is 6.62. The van der Waals surface area contributed by atoms with Gasteiger partial charge in [0.1, 0.15) is 0 Å². The van der Waals surface area contributed by atoms with Gasteiger partial charge in [0.05, 0.1) is 5.56 Å². The highest BCUT2D eigenvalue weighted by Crippen LogP contribution is 2.33. The summed E-state index contributed by atoms with van der Waals surface area (Å²) in [4.78, 5) is 25.7. The van der Waals surface area contributed by atoms with Crippen molar-refractivity contribution in [2.24, 2.45) is 0 Å². The van der Waals surface area contributed by atoms with Gasteiger partial charge in [-0.3, -0.25) is 4.79 Å². The summed E-state index contributed by atoms with van der Waals surface area (Å²) in [7, 11) is 0. The first-order valence-electron chi connectivity index (χ1n) is 9.13. The van der Waals surface area contributed by atoms with E-state index in [2.05, 4.69) is 5.32 Å². The Labute approximate surface area is 168 Å². The molecule has 4 rings (SSSR count). The van der Waals surface area contributed by atoms with Crippen molar-refractivity contribution in [3.8, 4) is 11.5 Å². The summed E-state index contributed by atoms with van der Waals surface area (Å²) < 4.78 is 16.2. The fourth-order valence-electron chi connectivity index (χ4n) is 2.94. The molecule has 0 saturated carbocycles. The minimum Gasteiger partial charge on any atom is -0.454 e.